The molecule has 0 atom stereocenters. The summed E-state index contributed by atoms with van der Waals surface area (Å²) in [5.74, 6) is -0.156. The first kappa shape index (κ1) is 16.0. The fraction of sp³-hybridized carbons (Fsp3) is 0.429. The van der Waals surface area contributed by atoms with Crippen molar-refractivity contribution >= 4 is 11.7 Å². The molecule has 1 amide bonds. The third-order valence-electron chi connectivity index (χ3n) is 2.72. The van der Waals surface area contributed by atoms with Crippen LogP contribution in [0, 0.1) is 0 Å². The summed E-state index contributed by atoms with van der Waals surface area (Å²) in [5.41, 5.74) is 6.52. The number of oxime groups is 1. The lowest BCUT2D eigenvalue weighted by Gasteiger charge is -2.06. The second kappa shape index (κ2) is 8.92. The van der Waals surface area contributed by atoms with Gasteiger partial charge in [0.2, 0.25) is 0 Å². The van der Waals surface area contributed by atoms with Gasteiger partial charge in [0.25, 0.3) is 5.91 Å². The highest BCUT2D eigenvalue weighted by Crippen LogP contribution is 2.04. The lowest BCUT2D eigenvalue weighted by atomic mass is 10.1. The molecule has 0 aliphatic carbocycles. The Morgan fingerprint density at radius 2 is 1.95 bits per heavy atom. The van der Waals surface area contributed by atoms with Gasteiger partial charge in [-0.2, -0.15) is 0 Å². The Hall–Kier alpha value is -2.08. The molecule has 0 aliphatic heterocycles. The number of hydrogen-bond donors (Lipinski definition) is 3. The summed E-state index contributed by atoms with van der Waals surface area (Å²) < 4.78 is 5.35. The molecule has 0 fully saturated rings. The van der Waals surface area contributed by atoms with Crippen molar-refractivity contribution in [2.24, 2.45) is 10.9 Å². The molecule has 0 heterocycles. The molecule has 4 N–H and O–H groups in total. The highest BCUT2D eigenvalue weighted by atomic mass is 16.5. The van der Waals surface area contributed by atoms with Gasteiger partial charge in [-0.1, -0.05) is 30.6 Å². The van der Waals surface area contributed by atoms with Gasteiger partial charge in [-0.3, -0.25) is 4.79 Å². The molecule has 0 aromatic heterocycles. The minimum absolute atomic E-state index is 0.0151. The Labute approximate surface area is 118 Å². The lowest BCUT2D eigenvalue weighted by Crippen LogP contribution is -2.27. The van der Waals surface area contributed by atoms with Crippen molar-refractivity contribution in [2.75, 3.05) is 19.8 Å². The topological polar surface area (TPSA) is 96.9 Å². The van der Waals surface area contributed by atoms with E-state index in [-0.39, 0.29) is 11.7 Å². The number of nitrogens with two attached hydrogens (primary N) is 1. The smallest absolute Gasteiger partial charge is 0.251 e. The predicted molar refractivity (Wildman–Crippen MR) is 77.0 cm³/mol. The molecular weight excluding hydrogens is 258 g/mol. The van der Waals surface area contributed by atoms with Gasteiger partial charge in [-0.25, -0.2) is 0 Å². The van der Waals surface area contributed by atoms with E-state index < -0.39 is 0 Å². The third-order valence-corrected chi connectivity index (χ3v) is 2.72. The summed E-state index contributed by atoms with van der Waals surface area (Å²) in [6, 6.07) is 6.50. The molecule has 1 rings (SSSR count). The van der Waals surface area contributed by atoms with Gasteiger partial charge in [-0.15, -0.1) is 0 Å². The second-order valence-electron chi connectivity index (χ2n) is 4.28. The molecule has 0 spiro atoms. The monoisotopic (exact) mass is 279 g/mol. The number of carbonyl (C=O) groups excluding carboxylic acids is 1. The van der Waals surface area contributed by atoms with E-state index in [0.29, 0.717) is 24.3 Å². The molecular formula is C14H21N3O3. The molecule has 0 unspecified atom stereocenters. The summed E-state index contributed by atoms with van der Waals surface area (Å²) in [4.78, 5) is 11.8. The van der Waals surface area contributed by atoms with Crippen molar-refractivity contribution in [3.63, 3.8) is 0 Å². The van der Waals surface area contributed by atoms with Crippen molar-refractivity contribution in [1.29, 1.82) is 0 Å². The maximum Gasteiger partial charge on any atom is 0.251 e. The Morgan fingerprint density at radius 1 is 1.30 bits per heavy atom. The van der Waals surface area contributed by atoms with Crippen LogP contribution in [-0.2, 0) is 4.74 Å². The molecule has 0 aliphatic rings. The quantitative estimate of drug-likeness (QED) is 0.220. The minimum Gasteiger partial charge on any atom is -0.409 e. The van der Waals surface area contributed by atoms with Crippen LogP contribution >= 0.6 is 0 Å². The molecule has 1 aromatic carbocycles. The summed E-state index contributed by atoms with van der Waals surface area (Å²) in [7, 11) is 0. The Morgan fingerprint density at radius 3 is 2.55 bits per heavy atom. The number of amidine groups is 1. The van der Waals surface area contributed by atoms with Crippen LogP contribution in [0.5, 0.6) is 0 Å². The Bertz CT molecular complexity index is 443. The zero-order chi connectivity index (χ0) is 14.8. The molecule has 110 valence electrons. The first-order valence-corrected chi connectivity index (χ1v) is 6.63. The summed E-state index contributed by atoms with van der Waals surface area (Å²) >= 11 is 0. The zero-order valence-corrected chi connectivity index (χ0v) is 11.6. The largest absolute Gasteiger partial charge is 0.409 e. The van der Waals surface area contributed by atoms with Crippen molar-refractivity contribution in [3.8, 4) is 0 Å². The van der Waals surface area contributed by atoms with E-state index in [1.165, 1.54) is 0 Å². The number of carbonyl (C=O) groups is 1. The predicted octanol–water partition coefficient (Wildman–Crippen LogP) is 1.33. The number of amides is 1. The van der Waals surface area contributed by atoms with E-state index in [0.717, 1.165) is 19.4 Å². The van der Waals surface area contributed by atoms with Crippen LogP contribution < -0.4 is 11.1 Å². The molecule has 6 heteroatoms. The van der Waals surface area contributed by atoms with E-state index in [1.807, 2.05) is 0 Å². The normalized spacial score (nSPS) is 11.3. The Kier molecular flexibility index (Phi) is 7.13. The fourth-order valence-electron chi connectivity index (χ4n) is 1.54. The third kappa shape index (κ3) is 5.27. The average molecular weight is 279 g/mol. The van der Waals surface area contributed by atoms with Crippen LogP contribution in [0.2, 0.25) is 0 Å². The van der Waals surface area contributed by atoms with Gasteiger partial charge in [0.1, 0.15) is 0 Å². The fourth-order valence-corrected chi connectivity index (χ4v) is 1.54. The van der Waals surface area contributed by atoms with Crippen LogP contribution in [0.4, 0.5) is 0 Å². The van der Waals surface area contributed by atoms with Gasteiger partial charge < -0.3 is 21.0 Å². The number of unbranched alkanes of at least 4 members (excludes halogenated alkanes) is 1. The number of rotatable bonds is 8. The van der Waals surface area contributed by atoms with E-state index in [1.54, 1.807) is 24.3 Å². The van der Waals surface area contributed by atoms with Crippen LogP contribution in [0.1, 0.15) is 35.7 Å². The summed E-state index contributed by atoms with van der Waals surface area (Å²) in [6.07, 6.45) is 2.13. The summed E-state index contributed by atoms with van der Waals surface area (Å²) in [5, 5.41) is 14.2. The van der Waals surface area contributed by atoms with E-state index >= 15 is 0 Å². The Balaban J connectivity index is 2.36. The molecule has 20 heavy (non-hydrogen) atoms. The highest BCUT2D eigenvalue weighted by Gasteiger charge is 2.05. The van der Waals surface area contributed by atoms with Crippen LogP contribution in [0.3, 0.4) is 0 Å². The first-order chi connectivity index (χ1) is 9.69. The van der Waals surface area contributed by atoms with Gasteiger partial charge in [-0.05, 0) is 18.6 Å². The number of ether oxygens (including phenoxy) is 1. The maximum absolute atomic E-state index is 11.8. The molecule has 0 radical (unpaired) electrons. The van der Waals surface area contributed by atoms with E-state index in [4.69, 9.17) is 15.7 Å². The van der Waals surface area contributed by atoms with Crippen molar-refractivity contribution in [1.82, 2.24) is 5.32 Å². The average Bonchev–Trinajstić information content (AvgIpc) is 2.50. The first-order valence-electron chi connectivity index (χ1n) is 6.63. The standard InChI is InChI=1S/C14H21N3O3/c1-2-3-9-20-10-8-16-14(18)12-6-4-11(5-7-12)13(15)17-19/h4-7,19H,2-3,8-10H2,1H3,(H2,15,17)(H,16,18). The van der Waals surface area contributed by atoms with E-state index in [2.05, 4.69) is 17.4 Å². The zero-order valence-electron chi connectivity index (χ0n) is 11.6. The SMILES string of the molecule is CCCCOCCNC(=O)c1ccc(C(N)=NO)cc1. The molecule has 6 nitrogen and oxygen atoms in total. The van der Waals surface area contributed by atoms with Gasteiger partial charge >= 0.3 is 0 Å². The van der Waals surface area contributed by atoms with Crippen molar-refractivity contribution in [2.45, 2.75) is 19.8 Å². The van der Waals surface area contributed by atoms with Crippen molar-refractivity contribution < 1.29 is 14.7 Å². The maximum atomic E-state index is 11.8. The molecule has 1 aromatic rings. The van der Waals surface area contributed by atoms with Crippen LogP contribution in [-0.4, -0.2) is 36.7 Å². The van der Waals surface area contributed by atoms with Gasteiger partial charge in [0, 0.05) is 24.3 Å². The van der Waals surface area contributed by atoms with Crippen LogP contribution in [0.25, 0.3) is 0 Å². The number of nitrogens with one attached hydrogen (secondary N) is 1. The minimum atomic E-state index is -0.171. The van der Waals surface area contributed by atoms with Gasteiger partial charge in [0.15, 0.2) is 5.84 Å². The summed E-state index contributed by atoms with van der Waals surface area (Å²) in [6.45, 7) is 3.81. The van der Waals surface area contributed by atoms with E-state index in [9.17, 15) is 4.79 Å². The highest BCUT2D eigenvalue weighted by molar-refractivity contribution is 5.99. The number of benzene rings is 1. The van der Waals surface area contributed by atoms with Gasteiger partial charge in [0.05, 0.1) is 6.61 Å². The lowest BCUT2D eigenvalue weighted by molar-refractivity contribution is 0.0913. The molecule has 0 saturated heterocycles. The second-order valence-corrected chi connectivity index (χ2v) is 4.28. The van der Waals surface area contributed by atoms with Crippen molar-refractivity contribution in [3.05, 3.63) is 35.4 Å². The number of hydrogen-bond acceptors (Lipinski definition) is 4. The van der Waals surface area contributed by atoms with Crippen LogP contribution in [0.15, 0.2) is 29.4 Å². The molecule has 0 bridgehead atoms. The number of nitrogens with zero attached hydrogens (tertiary/aromatic N) is 1. The molecule has 0 saturated carbocycles.